The Hall–Kier alpha value is -0.990. The maximum atomic E-state index is 12.7. The number of piperidine rings is 1. The van der Waals surface area contributed by atoms with Gasteiger partial charge in [-0.2, -0.15) is 17.0 Å². The Bertz CT molecular complexity index is 667. The van der Waals surface area contributed by atoms with Gasteiger partial charge in [0.1, 0.15) is 0 Å². The van der Waals surface area contributed by atoms with E-state index in [4.69, 9.17) is 0 Å². The van der Waals surface area contributed by atoms with Crippen molar-refractivity contribution in [1.82, 2.24) is 19.5 Å². The third-order valence-corrected chi connectivity index (χ3v) is 7.50. The highest BCUT2D eigenvalue weighted by Crippen LogP contribution is 2.24. The molecule has 0 spiro atoms. The topological polar surface area (TPSA) is 64.7 Å². The lowest BCUT2D eigenvalue weighted by Gasteiger charge is -2.33. The molecule has 2 fully saturated rings. The summed E-state index contributed by atoms with van der Waals surface area (Å²) in [6.45, 7) is 4.01. The van der Waals surface area contributed by atoms with Gasteiger partial charge in [0, 0.05) is 38.8 Å². The number of hydrazine groups is 1. The van der Waals surface area contributed by atoms with Crippen LogP contribution in [0.1, 0.15) is 50.6 Å². The molecule has 2 N–H and O–H groups in total. The lowest BCUT2D eigenvalue weighted by Crippen LogP contribution is -2.46. The van der Waals surface area contributed by atoms with Gasteiger partial charge in [-0.15, -0.1) is 0 Å². The van der Waals surface area contributed by atoms with Crippen LogP contribution in [0, 0.1) is 5.92 Å². The lowest BCUT2D eigenvalue weighted by molar-refractivity contribution is 0.262. The SMILES string of the molecule is CC1CCCN(S(=O)(=O)N(C)CCCC2CC(c3ccccc3)NN2)C1. The van der Waals surface area contributed by atoms with Gasteiger partial charge < -0.3 is 0 Å². The van der Waals surface area contributed by atoms with Gasteiger partial charge in [-0.25, -0.2) is 0 Å². The van der Waals surface area contributed by atoms with Gasteiger partial charge in [0.05, 0.1) is 0 Å². The Morgan fingerprint density at radius 2 is 2.00 bits per heavy atom. The number of nitrogens with one attached hydrogen (secondary N) is 2. The molecule has 0 aromatic heterocycles. The molecule has 3 unspecified atom stereocenters. The van der Waals surface area contributed by atoms with Crippen LogP contribution in [0.4, 0.5) is 0 Å². The van der Waals surface area contributed by atoms with Crippen LogP contribution in [0.25, 0.3) is 0 Å². The molecule has 0 radical (unpaired) electrons. The molecule has 3 rings (SSSR count). The average Bonchev–Trinajstić information content (AvgIpc) is 3.11. The first kappa shape index (κ1) is 19.8. The lowest BCUT2D eigenvalue weighted by atomic mass is 10.00. The number of nitrogens with zero attached hydrogens (tertiary/aromatic N) is 2. The van der Waals surface area contributed by atoms with Gasteiger partial charge in [0.25, 0.3) is 10.2 Å². The van der Waals surface area contributed by atoms with Crippen LogP contribution in [-0.2, 0) is 10.2 Å². The first-order chi connectivity index (χ1) is 12.5. The van der Waals surface area contributed by atoms with E-state index in [0.717, 1.165) is 32.1 Å². The highest BCUT2D eigenvalue weighted by molar-refractivity contribution is 7.86. The maximum Gasteiger partial charge on any atom is 0.281 e. The van der Waals surface area contributed by atoms with Crippen LogP contribution in [0.5, 0.6) is 0 Å². The third kappa shape index (κ3) is 4.84. The quantitative estimate of drug-likeness (QED) is 0.762. The molecular formula is C19H32N4O2S. The zero-order valence-corrected chi connectivity index (χ0v) is 16.7. The van der Waals surface area contributed by atoms with E-state index in [-0.39, 0.29) is 0 Å². The molecule has 1 aromatic carbocycles. The molecule has 26 heavy (non-hydrogen) atoms. The zero-order valence-electron chi connectivity index (χ0n) is 15.9. The van der Waals surface area contributed by atoms with E-state index in [1.54, 1.807) is 11.4 Å². The van der Waals surface area contributed by atoms with Crippen LogP contribution in [0.2, 0.25) is 0 Å². The fourth-order valence-corrected chi connectivity index (χ4v) is 5.50. The standard InChI is InChI=1S/C19H32N4O2S/c1-16-8-6-13-23(15-16)26(24,25)22(2)12-7-11-18-14-19(21-20-18)17-9-4-3-5-10-17/h3-5,9-10,16,18-21H,6-8,11-15H2,1-2H3. The first-order valence-corrected chi connectivity index (χ1v) is 11.1. The Morgan fingerprint density at radius 3 is 2.73 bits per heavy atom. The van der Waals surface area contributed by atoms with Crippen molar-refractivity contribution in [2.45, 2.75) is 51.1 Å². The number of hydrogen-bond acceptors (Lipinski definition) is 4. The van der Waals surface area contributed by atoms with Crippen LogP contribution < -0.4 is 10.9 Å². The first-order valence-electron chi connectivity index (χ1n) is 9.74. The number of hydrogen-bond donors (Lipinski definition) is 2. The van der Waals surface area contributed by atoms with Gasteiger partial charge in [-0.05, 0) is 43.6 Å². The van der Waals surface area contributed by atoms with Crippen molar-refractivity contribution in [3.8, 4) is 0 Å². The largest absolute Gasteiger partial charge is 0.281 e. The predicted octanol–water partition coefficient (Wildman–Crippen LogP) is 2.28. The van der Waals surface area contributed by atoms with Crippen molar-refractivity contribution in [1.29, 1.82) is 0 Å². The van der Waals surface area contributed by atoms with Crippen molar-refractivity contribution in [2.75, 3.05) is 26.7 Å². The summed E-state index contributed by atoms with van der Waals surface area (Å²) in [7, 11) is -1.60. The Kier molecular flexibility index (Phi) is 6.69. The van der Waals surface area contributed by atoms with Crippen LogP contribution >= 0.6 is 0 Å². The Morgan fingerprint density at radius 1 is 1.23 bits per heavy atom. The normalized spacial score (nSPS) is 27.9. The van der Waals surface area contributed by atoms with Crippen molar-refractivity contribution >= 4 is 10.2 Å². The van der Waals surface area contributed by atoms with E-state index in [9.17, 15) is 8.42 Å². The molecule has 146 valence electrons. The van der Waals surface area contributed by atoms with Gasteiger partial charge in [0.2, 0.25) is 0 Å². The molecule has 7 heteroatoms. The predicted molar refractivity (Wildman–Crippen MR) is 105 cm³/mol. The van der Waals surface area contributed by atoms with E-state index in [0.29, 0.717) is 37.6 Å². The highest BCUT2D eigenvalue weighted by Gasteiger charge is 2.30. The summed E-state index contributed by atoms with van der Waals surface area (Å²) in [6.07, 6.45) is 4.95. The van der Waals surface area contributed by atoms with Crippen molar-refractivity contribution in [3.63, 3.8) is 0 Å². The van der Waals surface area contributed by atoms with Crippen molar-refractivity contribution in [2.24, 2.45) is 5.92 Å². The highest BCUT2D eigenvalue weighted by atomic mass is 32.2. The summed E-state index contributed by atoms with van der Waals surface area (Å²) in [6, 6.07) is 11.1. The van der Waals surface area contributed by atoms with E-state index >= 15 is 0 Å². The summed E-state index contributed by atoms with van der Waals surface area (Å²) in [5.74, 6) is 0.454. The molecule has 6 nitrogen and oxygen atoms in total. The van der Waals surface area contributed by atoms with Gasteiger partial charge in [0.15, 0.2) is 0 Å². The number of benzene rings is 1. The number of rotatable bonds is 7. The molecule has 0 bridgehead atoms. The molecule has 0 aliphatic carbocycles. The smallest absolute Gasteiger partial charge is 0.254 e. The third-order valence-electron chi connectivity index (χ3n) is 5.55. The van der Waals surface area contributed by atoms with E-state index < -0.39 is 10.2 Å². The van der Waals surface area contributed by atoms with Crippen molar-refractivity contribution < 1.29 is 8.42 Å². The van der Waals surface area contributed by atoms with Gasteiger partial charge >= 0.3 is 0 Å². The second-order valence-electron chi connectivity index (χ2n) is 7.76. The van der Waals surface area contributed by atoms with Crippen LogP contribution in [0.3, 0.4) is 0 Å². The molecule has 2 aliphatic rings. The minimum atomic E-state index is -3.31. The zero-order chi connectivity index (χ0) is 18.6. The Labute approximate surface area is 158 Å². The summed E-state index contributed by atoms with van der Waals surface area (Å²) in [4.78, 5) is 0. The molecule has 0 amide bonds. The monoisotopic (exact) mass is 380 g/mol. The molecule has 0 saturated carbocycles. The van der Waals surface area contributed by atoms with Crippen molar-refractivity contribution in [3.05, 3.63) is 35.9 Å². The van der Waals surface area contributed by atoms with Gasteiger partial charge in [-0.1, -0.05) is 37.3 Å². The summed E-state index contributed by atoms with van der Waals surface area (Å²) < 4.78 is 28.6. The molecule has 2 heterocycles. The average molecular weight is 381 g/mol. The Balaban J connectivity index is 1.43. The van der Waals surface area contributed by atoms with Gasteiger partial charge in [-0.3, -0.25) is 10.9 Å². The molecule has 1 aromatic rings. The second-order valence-corrected chi connectivity index (χ2v) is 9.80. The minimum Gasteiger partial charge on any atom is -0.254 e. The van der Waals surface area contributed by atoms with E-state index in [1.807, 2.05) is 6.07 Å². The molecular weight excluding hydrogens is 348 g/mol. The molecule has 2 aliphatic heterocycles. The fraction of sp³-hybridized carbons (Fsp3) is 0.684. The van der Waals surface area contributed by atoms with Crippen LogP contribution in [0.15, 0.2) is 30.3 Å². The summed E-state index contributed by atoms with van der Waals surface area (Å²) >= 11 is 0. The molecule has 3 atom stereocenters. The summed E-state index contributed by atoms with van der Waals surface area (Å²) in [5, 5.41) is 0. The summed E-state index contributed by atoms with van der Waals surface area (Å²) in [5.41, 5.74) is 8.01. The minimum absolute atomic E-state index is 0.331. The van der Waals surface area contributed by atoms with Crippen LogP contribution in [-0.4, -0.2) is 49.8 Å². The fourth-order valence-electron chi connectivity index (χ4n) is 3.94. The van der Waals surface area contributed by atoms with E-state index in [1.165, 1.54) is 9.87 Å². The second kappa shape index (κ2) is 8.80. The van der Waals surface area contributed by atoms with E-state index in [2.05, 4.69) is 42.0 Å². The maximum absolute atomic E-state index is 12.7. The molecule has 2 saturated heterocycles.